The van der Waals surface area contributed by atoms with Crippen molar-refractivity contribution in [3.8, 4) is 17.2 Å². The zero-order valence-electron chi connectivity index (χ0n) is 8.41. The van der Waals surface area contributed by atoms with Crippen molar-refractivity contribution in [3.05, 3.63) is 16.7 Å². The maximum atomic E-state index is 10.7. The molecule has 0 fully saturated rings. The zero-order chi connectivity index (χ0) is 14.2. The molecule has 1 rings (SSSR count). The molecule has 0 radical (unpaired) electrons. The first-order chi connectivity index (χ1) is 8.20. The summed E-state index contributed by atoms with van der Waals surface area (Å²) < 4.78 is 0. The molecule has 18 heavy (non-hydrogen) atoms. The summed E-state index contributed by atoms with van der Waals surface area (Å²) in [5.74, 6) is -10.2. The van der Waals surface area contributed by atoms with Crippen molar-refractivity contribution < 1.29 is 45.0 Å². The van der Waals surface area contributed by atoms with E-state index in [1.54, 1.807) is 0 Å². The molecule has 0 aromatic heterocycles. The molecule has 1 aromatic rings. The minimum absolute atomic E-state index is 1.32. The molecule has 1 aromatic carbocycles. The van der Waals surface area contributed by atoms with E-state index in [-0.39, 0.29) is 0 Å². The van der Waals surface area contributed by atoms with Crippen LogP contribution in [0.2, 0.25) is 0 Å². The average Bonchev–Trinajstić information content (AvgIpc) is 2.14. The van der Waals surface area contributed by atoms with Gasteiger partial charge in [0.15, 0.2) is 17.2 Å². The van der Waals surface area contributed by atoms with Crippen LogP contribution in [0.15, 0.2) is 0 Å². The molecular weight excluding hydrogens is 252 g/mol. The van der Waals surface area contributed by atoms with Gasteiger partial charge in [-0.05, 0) is 0 Å². The fourth-order valence-electron chi connectivity index (χ4n) is 1.32. The third-order valence-electron chi connectivity index (χ3n) is 2.06. The van der Waals surface area contributed by atoms with Gasteiger partial charge in [-0.2, -0.15) is 0 Å². The maximum absolute atomic E-state index is 10.7. The zero-order valence-corrected chi connectivity index (χ0v) is 8.41. The molecule has 0 aliphatic rings. The Kier molecular flexibility index (Phi) is 3.00. The second-order valence-corrected chi connectivity index (χ2v) is 3.09. The van der Waals surface area contributed by atoms with E-state index in [0.717, 1.165) is 0 Å². The van der Waals surface area contributed by atoms with Gasteiger partial charge in [0.05, 0.1) is 0 Å². The van der Waals surface area contributed by atoms with E-state index in [9.17, 15) is 29.7 Å². The number of carboxylic acid groups (broad SMARTS) is 3. The number of carboxylic acids is 3. The fraction of sp³-hybridized carbons (Fsp3) is 0. The molecule has 6 N–H and O–H groups in total. The van der Waals surface area contributed by atoms with Gasteiger partial charge in [0.2, 0.25) is 0 Å². The molecular formula is C9H6O9. The first kappa shape index (κ1) is 13.1. The lowest BCUT2D eigenvalue weighted by Crippen LogP contribution is -2.10. The Balaban J connectivity index is 3.94. The molecule has 0 bridgehead atoms. The predicted octanol–water partition coefficient (Wildman–Crippen LogP) is -0.102. The number of rotatable bonds is 3. The summed E-state index contributed by atoms with van der Waals surface area (Å²) in [6.07, 6.45) is 0. The van der Waals surface area contributed by atoms with Crippen LogP contribution in [-0.4, -0.2) is 48.5 Å². The van der Waals surface area contributed by atoms with E-state index in [2.05, 4.69) is 0 Å². The summed E-state index contributed by atoms with van der Waals surface area (Å²) in [6, 6.07) is 0. The highest BCUT2D eigenvalue weighted by molar-refractivity contribution is 6.09. The molecule has 0 saturated carbocycles. The minimum Gasteiger partial charge on any atom is -0.506 e. The number of aromatic carboxylic acids is 3. The van der Waals surface area contributed by atoms with Crippen LogP contribution in [-0.2, 0) is 0 Å². The lowest BCUT2D eigenvalue weighted by atomic mass is 10.0. The summed E-state index contributed by atoms with van der Waals surface area (Å²) in [5, 5.41) is 54.0. The summed E-state index contributed by atoms with van der Waals surface area (Å²) >= 11 is 0. The van der Waals surface area contributed by atoms with Crippen molar-refractivity contribution in [2.75, 3.05) is 0 Å². The summed E-state index contributed by atoms with van der Waals surface area (Å²) in [7, 11) is 0. The Morgan fingerprint density at radius 3 is 0.833 bits per heavy atom. The molecule has 0 atom stereocenters. The number of hydrogen-bond donors (Lipinski definition) is 6. The Bertz CT molecular complexity index is 470. The Morgan fingerprint density at radius 1 is 0.556 bits per heavy atom. The van der Waals surface area contributed by atoms with E-state index >= 15 is 0 Å². The molecule has 0 amide bonds. The summed E-state index contributed by atoms with van der Waals surface area (Å²) in [4.78, 5) is 32.1. The highest BCUT2D eigenvalue weighted by Gasteiger charge is 2.33. The molecule has 9 heteroatoms. The minimum atomic E-state index is -1.95. The quantitative estimate of drug-likeness (QED) is 0.432. The molecule has 0 saturated heterocycles. The number of benzene rings is 1. The first-order valence-corrected chi connectivity index (χ1v) is 4.20. The third kappa shape index (κ3) is 1.73. The third-order valence-corrected chi connectivity index (χ3v) is 2.06. The van der Waals surface area contributed by atoms with Crippen molar-refractivity contribution in [1.29, 1.82) is 0 Å². The predicted molar refractivity (Wildman–Crippen MR) is 52.3 cm³/mol. The summed E-state index contributed by atoms with van der Waals surface area (Å²) in [6.45, 7) is 0. The van der Waals surface area contributed by atoms with Gasteiger partial charge >= 0.3 is 17.9 Å². The topological polar surface area (TPSA) is 173 Å². The van der Waals surface area contributed by atoms with Gasteiger partial charge in [0.1, 0.15) is 16.7 Å². The molecule has 0 unspecified atom stereocenters. The maximum Gasteiger partial charge on any atom is 0.343 e. The largest absolute Gasteiger partial charge is 0.506 e. The van der Waals surface area contributed by atoms with Gasteiger partial charge in [0, 0.05) is 0 Å². The second kappa shape index (κ2) is 4.13. The highest BCUT2D eigenvalue weighted by atomic mass is 16.4. The van der Waals surface area contributed by atoms with E-state index in [1.807, 2.05) is 0 Å². The number of aromatic hydroxyl groups is 3. The van der Waals surface area contributed by atoms with Gasteiger partial charge < -0.3 is 30.6 Å². The van der Waals surface area contributed by atoms with Crippen molar-refractivity contribution in [1.82, 2.24) is 0 Å². The lowest BCUT2D eigenvalue weighted by Gasteiger charge is -2.11. The Hall–Kier alpha value is -2.97. The molecule has 0 spiro atoms. The van der Waals surface area contributed by atoms with Crippen LogP contribution < -0.4 is 0 Å². The Labute approximate surface area is 97.8 Å². The van der Waals surface area contributed by atoms with Crippen molar-refractivity contribution >= 4 is 17.9 Å². The normalized spacial score (nSPS) is 10.0. The van der Waals surface area contributed by atoms with E-state index in [0.29, 0.717) is 0 Å². The standard InChI is InChI=1S/C9H6O9/c10-4-1(7(13)14)5(11)3(9(17)18)6(12)2(4)8(15)16/h10-12H,(H,13,14)(H,15,16)(H,17,18). The molecule has 96 valence electrons. The number of carbonyl (C=O) groups is 3. The van der Waals surface area contributed by atoms with E-state index < -0.39 is 51.8 Å². The van der Waals surface area contributed by atoms with Crippen LogP contribution in [0.3, 0.4) is 0 Å². The van der Waals surface area contributed by atoms with Crippen LogP contribution >= 0.6 is 0 Å². The molecule has 0 heterocycles. The summed E-state index contributed by atoms with van der Waals surface area (Å²) in [5.41, 5.74) is -3.95. The lowest BCUT2D eigenvalue weighted by molar-refractivity contribution is 0.0684. The molecule has 0 aliphatic heterocycles. The monoisotopic (exact) mass is 258 g/mol. The average molecular weight is 258 g/mol. The van der Waals surface area contributed by atoms with Crippen LogP contribution in [0, 0.1) is 0 Å². The van der Waals surface area contributed by atoms with Crippen molar-refractivity contribution in [3.63, 3.8) is 0 Å². The molecule has 9 nitrogen and oxygen atoms in total. The van der Waals surface area contributed by atoms with Gasteiger partial charge in [0.25, 0.3) is 0 Å². The van der Waals surface area contributed by atoms with Crippen molar-refractivity contribution in [2.24, 2.45) is 0 Å². The van der Waals surface area contributed by atoms with E-state index in [4.69, 9.17) is 15.3 Å². The highest BCUT2D eigenvalue weighted by Crippen LogP contribution is 2.41. The molecule has 0 aliphatic carbocycles. The van der Waals surface area contributed by atoms with Gasteiger partial charge in [-0.1, -0.05) is 0 Å². The van der Waals surface area contributed by atoms with Gasteiger partial charge in [-0.15, -0.1) is 0 Å². The second-order valence-electron chi connectivity index (χ2n) is 3.09. The Morgan fingerprint density at radius 2 is 0.722 bits per heavy atom. The van der Waals surface area contributed by atoms with Crippen LogP contribution in [0.4, 0.5) is 0 Å². The van der Waals surface area contributed by atoms with Crippen LogP contribution in [0.5, 0.6) is 17.2 Å². The fourth-order valence-corrected chi connectivity index (χ4v) is 1.32. The smallest absolute Gasteiger partial charge is 0.343 e. The van der Waals surface area contributed by atoms with Crippen molar-refractivity contribution in [2.45, 2.75) is 0 Å². The first-order valence-electron chi connectivity index (χ1n) is 4.20. The van der Waals surface area contributed by atoms with Gasteiger partial charge in [-0.3, -0.25) is 0 Å². The van der Waals surface area contributed by atoms with E-state index in [1.165, 1.54) is 0 Å². The number of phenols is 3. The van der Waals surface area contributed by atoms with Gasteiger partial charge in [-0.25, -0.2) is 14.4 Å². The van der Waals surface area contributed by atoms with Crippen LogP contribution in [0.25, 0.3) is 0 Å². The van der Waals surface area contributed by atoms with Crippen LogP contribution in [0.1, 0.15) is 31.1 Å². The SMILES string of the molecule is O=C(O)c1c(O)c(C(=O)O)c(O)c(C(=O)O)c1O. The number of hydrogen-bond acceptors (Lipinski definition) is 6.